The van der Waals surface area contributed by atoms with Gasteiger partial charge in [0.15, 0.2) is 0 Å². The molecule has 0 aliphatic heterocycles. The number of hydrogen-bond donors (Lipinski definition) is 2. The maximum Gasteiger partial charge on any atom is 0.335 e. The van der Waals surface area contributed by atoms with Crippen LogP contribution in [-0.2, 0) is 20.5 Å². The van der Waals surface area contributed by atoms with Crippen molar-refractivity contribution in [1.29, 1.82) is 0 Å². The first kappa shape index (κ1) is 17.6. The van der Waals surface area contributed by atoms with Gasteiger partial charge in [-0.1, -0.05) is 12.1 Å². The Balaban J connectivity index is 2.66. The Hall–Kier alpha value is -1.44. The van der Waals surface area contributed by atoms with Crippen molar-refractivity contribution in [2.45, 2.75) is 32.1 Å². The molecule has 118 valence electrons. The summed E-state index contributed by atoms with van der Waals surface area (Å²) in [5.41, 5.74) is 0.0814. The topological polar surface area (TPSA) is 92.7 Å². The van der Waals surface area contributed by atoms with Crippen molar-refractivity contribution in [2.75, 3.05) is 13.2 Å². The molecule has 2 N–H and O–H groups in total. The van der Waals surface area contributed by atoms with Crippen LogP contribution in [0.15, 0.2) is 24.3 Å². The van der Waals surface area contributed by atoms with Crippen molar-refractivity contribution in [3.05, 3.63) is 35.4 Å². The predicted molar refractivity (Wildman–Crippen MR) is 79.7 cm³/mol. The van der Waals surface area contributed by atoms with E-state index in [1.54, 1.807) is 13.8 Å². The molecule has 0 aliphatic rings. The van der Waals surface area contributed by atoms with Crippen molar-refractivity contribution < 1.29 is 23.1 Å². The van der Waals surface area contributed by atoms with Crippen LogP contribution in [0.25, 0.3) is 0 Å². The SMILES string of the molecule is CCOC(C)(C)CNS(=O)(=O)Cc1ccc(C(=O)O)cc1. The van der Waals surface area contributed by atoms with Gasteiger partial charge in [-0.3, -0.25) is 0 Å². The molecule has 0 saturated heterocycles. The van der Waals surface area contributed by atoms with E-state index in [1.165, 1.54) is 24.3 Å². The second-order valence-electron chi connectivity index (χ2n) is 5.27. The van der Waals surface area contributed by atoms with Crippen molar-refractivity contribution in [1.82, 2.24) is 4.72 Å². The van der Waals surface area contributed by atoms with Crippen molar-refractivity contribution in [3.63, 3.8) is 0 Å². The minimum absolute atomic E-state index is 0.126. The average molecular weight is 315 g/mol. The highest BCUT2D eigenvalue weighted by Crippen LogP contribution is 2.11. The van der Waals surface area contributed by atoms with Crippen LogP contribution in [0.3, 0.4) is 0 Å². The van der Waals surface area contributed by atoms with Gasteiger partial charge in [-0.2, -0.15) is 0 Å². The van der Waals surface area contributed by atoms with E-state index in [-0.39, 0.29) is 17.9 Å². The number of sulfonamides is 1. The van der Waals surface area contributed by atoms with Gasteiger partial charge in [-0.15, -0.1) is 0 Å². The molecule has 0 heterocycles. The lowest BCUT2D eigenvalue weighted by atomic mass is 10.1. The largest absolute Gasteiger partial charge is 0.478 e. The number of hydrogen-bond acceptors (Lipinski definition) is 4. The van der Waals surface area contributed by atoms with Gasteiger partial charge in [0.2, 0.25) is 10.0 Å². The first-order chi connectivity index (χ1) is 9.65. The second-order valence-corrected chi connectivity index (χ2v) is 7.08. The number of nitrogens with one attached hydrogen (secondary N) is 1. The summed E-state index contributed by atoms with van der Waals surface area (Å²) < 4.78 is 31.9. The molecular formula is C14H21NO5S. The number of carboxylic acids is 1. The highest BCUT2D eigenvalue weighted by atomic mass is 32.2. The minimum atomic E-state index is -3.50. The normalized spacial score (nSPS) is 12.3. The van der Waals surface area contributed by atoms with Gasteiger partial charge in [0.25, 0.3) is 0 Å². The first-order valence-electron chi connectivity index (χ1n) is 6.59. The van der Waals surface area contributed by atoms with E-state index >= 15 is 0 Å². The summed E-state index contributed by atoms with van der Waals surface area (Å²) in [5.74, 6) is -1.24. The maximum absolute atomic E-state index is 12.0. The lowest BCUT2D eigenvalue weighted by Gasteiger charge is -2.24. The highest BCUT2D eigenvalue weighted by Gasteiger charge is 2.21. The van der Waals surface area contributed by atoms with Crippen LogP contribution in [0, 0.1) is 0 Å². The summed E-state index contributed by atoms with van der Waals surface area (Å²) in [7, 11) is -3.50. The van der Waals surface area contributed by atoms with E-state index in [2.05, 4.69) is 4.72 Å². The fourth-order valence-electron chi connectivity index (χ4n) is 1.74. The van der Waals surface area contributed by atoms with Gasteiger partial charge < -0.3 is 9.84 Å². The molecule has 0 radical (unpaired) electrons. The lowest BCUT2D eigenvalue weighted by Crippen LogP contribution is -2.40. The summed E-state index contributed by atoms with van der Waals surface area (Å²) >= 11 is 0. The molecule has 6 nitrogen and oxygen atoms in total. The van der Waals surface area contributed by atoms with E-state index in [0.717, 1.165) is 0 Å². The minimum Gasteiger partial charge on any atom is -0.478 e. The van der Waals surface area contributed by atoms with E-state index < -0.39 is 21.6 Å². The van der Waals surface area contributed by atoms with Gasteiger partial charge in [0.1, 0.15) is 0 Å². The Labute approximate surface area is 125 Å². The molecule has 0 saturated carbocycles. The van der Waals surface area contributed by atoms with Gasteiger partial charge in [-0.25, -0.2) is 17.9 Å². The molecule has 0 unspecified atom stereocenters. The third-order valence-corrected chi connectivity index (χ3v) is 4.11. The molecule has 1 rings (SSSR count). The molecular weight excluding hydrogens is 294 g/mol. The maximum atomic E-state index is 12.0. The highest BCUT2D eigenvalue weighted by molar-refractivity contribution is 7.88. The average Bonchev–Trinajstić information content (AvgIpc) is 2.37. The molecule has 0 bridgehead atoms. The van der Waals surface area contributed by atoms with Gasteiger partial charge in [-0.05, 0) is 38.5 Å². The van der Waals surface area contributed by atoms with Crippen LogP contribution in [0.4, 0.5) is 0 Å². The Bertz CT molecular complexity index is 578. The van der Waals surface area contributed by atoms with Crippen LogP contribution in [-0.4, -0.2) is 38.2 Å². The quantitative estimate of drug-likeness (QED) is 0.760. The number of rotatable bonds is 8. The molecule has 0 fully saturated rings. The van der Waals surface area contributed by atoms with Crippen molar-refractivity contribution in [3.8, 4) is 0 Å². The van der Waals surface area contributed by atoms with E-state index in [0.29, 0.717) is 12.2 Å². The van der Waals surface area contributed by atoms with Crippen LogP contribution >= 0.6 is 0 Å². The van der Waals surface area contributed by atoms with Gasteiger partial charge >= 0.3 is 5.97 Å². The summed E-state index contributed by atoms with van der Waals surface area (Å²) in [6, 6.07) is 5.77. The Morgan fingerprint density at radius 2 is 1.86 bits per heavy atom. The van der Waals surface area contributed by atoms with Gasteiger partial charge in [0.05, 0.1) is 16.9 Å². The third-order valence-electron chi connectivity index (χ3n) is 2.81. The lowest BCUT2D eigenvalue weighted by molar-refractivity contribution is -0.00516. The Morgan fingerprint density at radius 1 is 1.29 bits per heavy atom. The number of benzene rings is 1. The van der Waals surface area contributed by atoms with Crippen LogP contribution < -0.4 is 4.72 Å². The predicted octanol–water partition coefficient (Wildman–Crippen LogP) is 1.62. The summed E-state index contributed by atoms with van der Waals surface area (Å²) in [4.78, 5) is 10.7. The standard InChI is InChI=1S/C14H21NO5S/c1-4-20-14(2,3)10-15-21(18,19)9-11-5-7-12(8-6-11)13(16)17/h5-8,15H,4,9-10H2,1-3H3,(H,16,17). The van der Waals surface area contributed by atoms with Crippen LogP contribution in [0.2, 0.25) is 0 Å². The molecule has 1 aromatic carbocycles. The Morgan fingerprint density at radius 3 is 2.33 bits per heavy atom. The van der Waals surface area contributed by atoms with E-state index in [9.17, 15) is 13.2 Å². The number of aromatic carboxylic acids is 1. The number of carbonyl (C=O) groups is 1. The van der Waals surface area contributed by atoms with E-state index in [4.69, 9.17) is 9.84 Å². The molecule has 0 atom stereocenters. The third kappa shape index (κ3) is 6.24. The first-order valence-corrected chi connectivity index (χ1v) is 8.24. The number of ether oxygens (including phenoxy) is 1. The van der Waals surface area contributed by atoms with E-state index in [1.807, 2.05) is 6.92 Å². The zero-order valence-corrected chi connectivity index (χ0v) is 13.2. The van der Waals surface area contributed by atoms with Crippen LogP contribution in [0.1, 0.15) is 36.7 Å². The molecule has 7 heteroatoms. The zero-order chi connectivity index (χ0) is 16.1. The molecule has 0 amide bonds. The zero-order valence-electron chi connectivity index (χ0n) is 12.4. The number of carboxylic acid groups (broad SMARTS) is 1. The monoisotopic (exact) mass is 315 g/mol. The summed E-state index contributed by atoms with van der Waals surface area (Å²) in [6.07, 6.45) is 0. The molecule has 0 aromatic heterocycles. The summed E-state index contributed by atoms with van der Waals surface area (Å²) in [5, 5.41) is 8.79. The molecule has 1 aromatic rings. The van der Waals surface area contributed by atoms with Gasteiger partial charge in [0, 0.05) is 13.2 Å². The van der Waals surface area contributed by atoms with Crippen LogP contribution in [0.5, 0.6) is 0 Å². The molecule has 0 spiro atoms. The molecule has 0 aliphatic carbocycles. The second kappa shape index (κ2) is 7.02. The smallest absolute Gasteiger partial charge is 0.335 e. The fourth-order valence-corrected chi connectivity index (χ4v) is 3.04. The Kier molecular flexibility index (Phi) is 5.88. The molecule has 21 heavy (non-hydrogen) atoms. The van der Waals surface area contributed by atoms with Crippen molar-refractivity contribution >= 4 is 16.0 Å². The summed E-state index contributed by atoms with van der Waals surface area (Å²) in [6.45, 7) is 6.14. The van der Waals surface area contributed by atoms with Crippen molar-refractivity contribution in [2.24, 2.45) is 0 Å². The fraction of sp³-hybridized carbons (Fsp3) is 0.500.